The number of aliphatic hydroxyl groups is 1. The van der Waals surface area contributed by atoms with E-state index in [-0.39, 0.29) is 12.6 Å². The number of hydrogen-bond acceptors (Lipinski definition) is 8. The van der Waals surface area contributed by atoms with Crippen LogP contribution in [-0.4, -0.2) is 67.9 Å². The molecule has 2 fully saturated rings. The molecule has 0 aliphatic carbocycles. The average molecular weight is 490 g/mol. The van der Waals surface area contributed by atoms with Crippen LogP contribution >= 0.6 is 11.3 Å². The van der Waals surface area contributed by atoms with Crippen LogP contribution in [0.4, 0.5) is 11.8 Å². The molecule has 4 aromatic rings. The summed E-state index contributed by atoms with van der Waals surface area (Å²) < 4.78 is 2.04. The molecular formula is C26H31N7OS. The molecule has 1 aromatic carbocycles. The Morgan fingerprint density at radius 2 is 1.89 bits per heavy atom. The van der Waals surface area contributed by atoms with Gasteiger partial charge in [0, 0.05) is 37.6 Å². The zero-order valence-corrected chi connectivity index (χ0v) is 20.6. The quantitative estimate of drug-likeness (QED) is 0.407. The van der Waals surface area contributed by atoms with Crippen molar-refractivity contribution in [1.29, 1.82) is 0 Å². The topological polar surface area (TPSA) is 82.3 Å². The molecule has 9 heteroatoms. The lowest BCUT2D eigenvalue weighted by Crippen LogP contribution is -2.39. The van der Waals surface area contributed by atoms with Gasteiger partial charge < -0.3 is 15.3 Å². The third-order valence-electron chi connectivity index (χ3n) is 7.19. The molecule has 0 amide bonds. The highest BCUT2D eigenvalue weighted by Gasteiger charge is 2.29. The number of piperidine rings is 1. The molecule has 2 aliphatic rings. The molecule has 35 heavy (non-hydrogen) atoms. The van der Waals surface area contributed by atoms with E-state index < -0.39 is 0 Å². The minimum atomic E-state index is 0.0686. The van der Waals surface area contributed by atoms with Crippen LogP contribution in [-0.2, 0) is 6.54 Å². The van der Waals surface area contributed by atoms with Crippen molar-refractivity contribution >= 4 is 34.3 Å². The Morgan fingerprint density at radius 1 is 1.03 bits per heavy atom. The molecule has 5 heterocycles. The van der Waals surface area contributed by atoms with Gasteiger partial charge in [-0.15, -0.1) is 0 Å². The first-order valence-corrected chi connectivity index (χ1v) is 13.4. The van der Waals surface area contributed by atoms with Gasteiger partial charge in [-0.25, -0.2) is 4.98 Å². The molecule has 6 rings (SSSR count). The third kappa shape index (κ3) is 4.63. The molecule has 2 N–H and O–H groups in total. The molecular weight excluding hydrogens is 458 g/mol. The summed E-state index contributed by atoms with van der Waals surface area (Å²) in [6.07, 6.45) is 5.96. The van der Waals surface area contributed by atoms with Crippen molar-refractivity contribution in [2.24, 2.45) is 0 Å². The van der Waals surface area contributed by atoms with Crippen molar-refractivity contribution in [3.05, 3.63) is 59.0 Å². The molecule has 0 spiro atoms. The Labute approximate surface area is 209 Å². The number of nitrogens with one attached hydrogen (secondary N) is 1. The van der Waals surface area contributed by atoms with E-state index >= 15 is 0 Å². The van der Waals surface area contributed by atoms with E-state index in [0.29, 0.717) is 12.0 Å². The van der Waals surface area contributed by atoms with Gasteiger partial charge in [0.2, 0.25) is 5.95 Å². The Kier molecular flexibility index (Phi) is 6.37. The Morgan fingerprint density at radius 3 is 2.66 bits per heavy atom. The summed E-state index contributed by atoms with van der Waals surface area (Å²) in [5.74, 6) is 1.47. The SMILES string of the molecule is OCC1CCCN1c1nc(NC2CCN(Cc3ccccc3)CC2)c2ncn(-c3ccsc3)c2n1. The van der Waals surface area contributed by atoms with Gasteiger partial charge in [-0.1, -0.05) is 30.3 Å². The maximum Gasteiger partial charge on any atom is 0.229 e. The van der Waals surface area contributed by atoms with Gasteiger partial charge in [-0.05, 0) is 42.7 Å². The number of fused-ring (bicyclic) bond motifs is 1. The van der Waals surface area contributed by atoms with E-state index in [0.717, 1.165) is 74.5 Å². The summed E-state index contributed by atoms with van der Waals surface area (Å²) in [5, 5.41) is 17.8. The number of imidazole rings is 1. The lowest BCUT2D eigenvalue weighted by molar-refractivity contribution is 0.211. The van der Waals surface area contributed by atoms with E-state index in [1.807, 2.05) is 10.9 Å². The zero-order chi connectivity index (χ0) is 23.6. The van der Waals surface area contributed by atoms with Crippen LogP contribution in [0.15, 0.2) is 53.5 Å². The van der Waals surface area contributed by atoms with E-state index in [2.05, 4.69) is 62.3 Å². The summed E-state index contributed by atoms with van der Waals surface area (Å²) in [6.45, 7) is 4.08. The van der Waals surface area contributed by atoms with E-state index in [9.17, 15) is 5.11 Å². The minimum Gasteiger partial charge on any atom is -0.394 e. The fraction of sp³-hybridized carbons (Fsp3) is 0.423. The van der Waals surface area contributed by atoms with Crippen molar-refractivity contribution in [2.45, 2.75) is 44.3 Å². The van der Waals surface area contributed by atoms with Crippen LogP contribution in [0, 0.1) is 0 Å². The number of benzene rings is 1. The van der Waals surface area contributed by atoms with E-state index in [1.54, 1.807) is 11.3 Å². The molecule has 8 nitrogen and oxygen atoms in total. The predicted molar refractivity (Wildman–Crippen MR) is 140 cm³/mol. The number of anilines is 2. The largest absolute Gasteiger partial charge is 0.394 e. The number of aliphatic hydroxyl groups excluding tert-OH is 1. The van der Waals surface area contributed by atoms with Crippen LogP contribution in [0.5, 0.6) is 0 Å². The summed E-state index contributed by atoms with van der Waals surface area (Å²) in [5.41, 5.74) is 4.03. The van der Waals surface area contributed by atoms with Crippen molar-refractivity contribution in [1.82, 2.24) is 24.4 Å². The second-order valence-electron chi connectivity index (χ2n) is 9.49. The maximum atomic E-state index is 9.90. The second-order valence-corrected chi connectivity index (χ2v) is 10.3. The molecule has 0 radical (unpaired) electrons. The fourth-order valence-corrected chi connectivity index (χ4v) is 5.89. The predicted octanol–water partition coefficient (Wildman–Crippen LogP) is 3.91. The number of nitrogens with zero attached hydrogens (tertiary/aromatic N) is 6. The van der Waals surface area contributed by atoms with Crippen molar-refractivity contribution in [2.75, 3.05) is 36.5 Å². The summed E-state index contributed by atoms with van der Waals surface area (Å²) in [6, 6.07) is 13.2. The molecule has 3 aromatic heterocycles. The standard InChI is InChI=1S/C26H31N7OS/c34-16-21-7-4-11-32(21)26-29-24(23-25(30-26)33(18-27-23)22-10-14-35-17-22)28-20-8-12-31(13-9-20)15-19-5-2-1-3-6-19/h1-3,5-6,10,14,17-18,20-21,34H,4,7-9,11-13,15-16H2,(H,28,29,30). The highest BCUT2D eigenvalue weighted by molar-refractivity contribution is 7.08. The normalized spacial score (nSPS) is 19.6. The van der Waals surface area contributed by atoms with E-state index in [1.165, 1.54) is 5.56 Å². The van der Waals surface area contributed by atoms with Crippen LogP contribution in [0.25, 0.3) is 16.9 Å². The number of rotatable bonds is 7. The van der Waals surface area contributed by atoms with Crippen molar-refractivity contribution in [3.8, 4) is 5.69 Å². The molecule has 0 saturated carbocycles. The van der Waals surface area contributed by atoms with Crippen LogP contribution in [0.1, 0.15) is 31.2 Å². The maximum absolute atomic E-state index is 9.90. The molecule has 2 saturated heterocycles. The van der Waals surface area contributed by atoms with Crippen LogP contribution < -0.4 is 10.2 Å². The summed E-state index contributed by atoms with van der Waals surface area (Å²) in [7, 11) is 0. The van der Waals surface area contributed by atoms with Crippen molar-refractivity contribution in [3.63, 3.8) is 0 Å². The lowest BCUT2D eigenvalue weighted by atomic mass is 10.0. The molecule has 1 unspecified atom stereocenters. The van der Waals surface area contributed by atoms with Gasteiger partial charge in [0.1, 0.15) is 6.33 Å². The van der Waals surface area contributed by atoms with Crippen LogP contribution in [0.3, 0.4) is 0 Å². The Bertz CT molecular complexity index is 1250. The number of aromatic nitrogens is 4. The third-order valence-corrected chi connectivity index (χ3v) is 7.86. The smallest absolute Gasteiger partial charge is 0.229 e. The number of hydrogen-bond donors (Lipinski definition) is 2. The van der Waals surface area contributed by atoms with Gasteiger partial charge >= 0.3 is 0 Å². The zero-order valence-electron chi connectivity index (χ0n) is 19.8. The Hall–Kier alpha value is -3.01. The van der Waals surface area contributed by atoms with Gasteiger partial charge in [0.15, 0.2) is 17.0 Å². The highest BCUT2D eigenvalue weighted by atomic mass is 32.1. The highest BCUT2D eigenvalue weighted by Crippen LogP contribution is 2.30. The minimum absolute atomic E-state index is 0.0686. The van der Waals surface area contributed by atoms with Gasteiger partial charge in [0.25, 0.3) is 0 Å². The van der Waals surface area contributed by atoms with Crippen LogP contribution in [0.2, 0.25) is 0 Å². The summed E-state index contributed by atoms with van der Waals surface area (Å²) in [4.78, 5) is 19.3. The number of thiophene rings is 1. The molecule has 2 aliphatic heterocycles. The fourth-order valence-electron chi connectivity index (χ4n) is 5.26. The van der Waals surface area contributed by atoms with E-state index in [4.69, 9.17) is 15.0 Å². The Balaban J connectivity index is 1.25. The van der Waals surface area contributed by atoms with Gasteiger partial charge in [-0.3, -0.25) is 9.47 Å². The molecule has 182 valence electrons. The number of likely N-dealkylation sites (tertiary alicyclic amines) is 1. The first kappa shape index (κ1) is 22.5. The first-order valence-electron chi connectivity index (χ1n) is 12.5. The van der Waals surface area contributed by atoms with Crippen molar-refractivity contribution < 1.29 is 5.11 Å². The molecule has 0 bridgehead atoms. The molecule has 1 atom stereocenters. The van der Waals surface area contributed by atoms with Gasteiger partial charge in [-0.2, -0.15) is 21.3 Å². The lowest BCUT2D eigenvalue weighted by Gasteiger charge is -2.33. The second kappa shape index (κ2) is 9.93. The average Bonchev–Trinajstić information content (AvgIpc) is 3.66. The first-order chi connectivity index (χ1) is 17.3. The van der Waals surface area contributed by atoms with Gasteiger partial charge in [0.05, 0.1) is 18.3 Å². The monoisotopic (exact) mass is 489 g/mol. The summed E-state index contributed by atoms with van der Waals surface area (Å²) >= 11 is 1.66.